The number of hydrogen-bond donors (Lipinski definition) is 1. The normalized spacial score (nSPS) is 12.0. The third kappa shape index (κ3) is 7.54. The second kappa shape index (κ2) is 8.45. The van der Waals surface area contributed by atoms with Gasteiger partial charge >= 0.3 is 0 Å². The smallest absolute Gasteiger partial charge is 0.282 e. The van der Waals surface area contributed by atoms with Gasteiger partial charge in [-0.25, -0.2) is 0 Å². The summed E-state index contributed by atoms with van der Waals surface area (Å²) in [6.07, 6.45) is 0.389. The van der Waals surface area contributed by atoms with Crippen LogP contribution in [0.25, 0.3) is 0 Å². The molecule has 6 nitrogen and oxygen atoms in total. The van der Waals surface area contributed by atoms with Crippen molar-refractivity contribution in [1.29, 1.82) is 0 Å². The lowest BCUT2D eigenvalue weighted by Crippen LogP contribution is -2.50. The quantitative estimate of drug-likeness (QED) is 0.665. The number of hydrogen-bond acceptors (Lipinski definition) is 5. The standard InChI is InChI=1S/C7H19N3.C7H8O3S/c1-8(2)7(9(3)4)10(5)6;1-6-2-4-7(5-3-6)11(8,9)10/h7H,1-6H3;2-5H,1H3,(H,8,9,10). The van der Waals surface area contributed by atoms with E-state index in [0.717, 1.165) is 5.56 Å². The van der Waals surface area contributed by atoms with Crippen LogP contribution >= 0.6 is 0 Å². The predicted molar refractivity (Wildman–Crippen MR) is 85.8 cm³/mol. The Balaban J connectivity index is 0.000000384. The van der Waals surface area contributed by atoms with Crippen molar-refractivity contribution in [2.75, 3.05) is 42.3 Å². The Hall–Kier alpha value is -0.990. The molecule has 0 aliphatic rings. The van der Waals surface area contributed by atoms with Crippen molar-refractivity contribution in [2.45, 2.75) is 18.1 Å². The van der Waals surface area contributed by atoms with Gasteiger partial charge in [-0.15, -0.1) is 0 Å². The summed E-state index contributed by atoms with van der Waals surface area (Å²) in [6.45, 7) is 1.84. The van der Waals surface area contributed by atoms with Gasteiger partial charge in [0.1, 0.15) is 6.29 Å². The highest BCUT2D eigenvalue weighted by atomic mass is 32.2. The Kier molecular flexibility index (Phi) is 8.05. The molecule has 0 aliphatic heterocycles. The van der Waals surface area contributed by atoms with Crippen molar-refractivity contribution >= 4 is 10.1 Å². The second-order valence-electron chi connectivity index (χ2n) is 5.53. The first-order valence-electron chi connectivity index (χ1n) is 6.50. The highest BCUT2D eigenvalue weighted by Crippen LogP contribution is 2.08. The first-order chi connectivity index (χ1) is 9.46. The van der Waals surface area contributed by atoms with E-state index in [1.165, 1.54) is 12.1 Å². The maximum Gasteiger partial charge on any atom is 0.294 e. The summed E-state index contributed by atoms with van der Waals surface area (Å²) in [5, 5.41) is 0. The first-order valence-corrected chi connectivity index (χ1v) is 7.94. The third-order valence-corrected chi connectivity index (χ3v) is 3.57. The summed E-state index contributed by atoms with van der Waals surface area (Å²) in [5.74, 6) is 0. The molecular formula is C14H27N3O3S. The lowest BCUT2D eigenvalue weighted by molar-refractivity contribution is 0.00961. The summed E-state index contributed by atoms with van der Waals surface area (Å²) in [5.41, 5.74) is 0.956. The third-order valence-electron chi connectivity index (χ3n) is 2.70. The minimum atomic E-state index is -4.02. The molecule has 0 saturated carbocycles. The van der Waals surface area contributed by atoms with E-state index < -0.39 is 10.1 Å². The van der Waals surface area contributed by atoms with Crippen molar-refractivity contribution in [3.05, 3.63) is 29.8 Å². The van der Waals surface area contributed by atoms with Gasteiger partial charge in [-0.05, 0) is 61.3 Å². The molecule has 122 valence electrons. The van der Waals surface area contributed by atoms with Crippen LogP contribution in [-0.2, 0) is 10.1 Å². The molecule has 0 saturated heterocycles. The first kappa shape index (κ1) is 20.0. The fraction of sp³-hybridized carbons (Fsp3) is 0.571. The minimum absolute atomic E-state index is 0.0666. The number of benzene rings is 1. The van der Waals surface area contributed by atoms with E-state index in [0.29, 0.717) is 6.29 Å². The lowest BCUT2D eigenvalue weighted by Gasteiger charge is -2.35. The zero-order valence-corrected chi connectivity index (χ0v) is 14.7. The van der Waals surface area contributed by atoms with Crippen molar-refractivity contribution in [3.63, 3.8) is 0 Å². The molecule has 0 atom stereocenters. The number of rotatable bonds is 4. The highest BCUT2D eigenvalue weighted by Gasteiger charge is 2.14. The molecule has 7 heteroatoms. The predicted octanol–water partition coefficient (Wildman–Crippen LogP) is 1.20. The molecule has 1 rings (SSSR count). The van der Waals surface area contributed by atoms with Crippen LogP contribution < -0.4 is 0 Å². The Morgan fingerprint density at radius 2 is 1.19 bits per heavy atom. The van der Waals surface area contributed by atoms with Gasteiger partial charge in [0.15, 0.2) is 0 Å². The maximum absolute atomic E-state index is 10.5. The average molecular weight is 317 g/mol. The monoisotopic (exact) mass is 317 g/mol. The van der Waals surface area contributed by atoms with Crippen molar-refractivity contribution in [3.8, 4) is 0 Å². The summed E-state index contributed by atoms with van der Waals surface area (Å²) in [6, 6.07) is 5.99. The second-order valence-corrected chi connectivity index (χ2v) is 6.95. The molecule has 0 heterocycles. The summed E-state index contributed by atoms with van der Waals surface area (Å²) in [7, 11) is 8.42. The van der Waals surface area contributed by atoms with E-state index in [4.69, 9.17) is 4.55 Å². The van der Waals surface area contributed by atoms with Crippen LogP contribution in [-0.4, -0.2) is 76.2 Å². The summed E-state index contributed by atoms with van der Waals surface area (Å²) in [4.78, 5) is 6.43. The Bertz CT molecular complexity index is 492. The van der Waals surface area contributed by atoms with Gasteiger partial charge < -0.3 is 0 Å². The van der Waals surface area contributed by atoms with Crippen LogP contribution in [0.15, 0.2) is 29.2 Å². The SMILES string of the molecule is CN(C)C(N(C)C)N(C)C.Cc1ccc(S(=O)(=O)O)cc1. The van der Waals surface area contributed by atoms with Gasteiger partial charge in [0.25, 0.3) is 10.1 Å². The Labute approximate surface area is 128 Å². The topological polar surface area (TPSA) is 64.1 Å². The van der Waals surface area contributed by atoms with E-state index in [2.05, 4.69) is 57.0 Å². The van der Waals surface area contributed by atoms with Gasteiger partial charge in [0.05, 0.1) is 4.90 Å². The van der Waals surface area contributed by atoms with Crippen molar-refractivity contribution < 1.29 is 13.0 Å². The average Bonchev–Trinajstić information content (AvgIpc) is 2.26. The van der Waals surface area contributed by atoms with Gasteiger partial charge in [0, 0.05) is 0 Å². The van der Waals surface area contributed by atoms with Crippen molar-refractivity contribution in [2.24, 2.45) is 0 Å². The molecule has 0 fully saturated rings. The molecule has 1 aromatic carbocycles. The van der Waals surface area contributed by atoms with Crippen molar-refractivity contribution in [1.82, 2.24) is 14.7 Å². The van der Waals surface area contributed by atoms with E-state index in [9.17, 15) is 8.42 Å². The fourth-order valence-electron chi connectivity index (χ4n) is 2.10. The minimum Gasteiger partial charge on any atom is -0.282 e. The molecule has 0 bridgehead atoms. The van der Waals surface area contributed by atoms with Crippen LogP contribution in [0.2, 0.25) is 0 Å². The fourth-order valence-corrected chi connectivity index (χ4v) is 2.58. The molecule has 0 unspecified atom stereocenters. The van der Waals surface area contributed by atoms with Crippen LogP contribution in [0.4, 0.5) is 0 Å². The van der Waals surface area contributed by atoms with Crippen LogP contribution in [0.1, 0.15) is 5.56 Å². The number of nitrogens with zero attached hydrogens (tertiary/aromatic N) is 3. The maximum atomic E-state index is 10.5. The Morgan fingerprint density at radius 1 is 0.857 bits per heavy atom. The molecular weight excluding hydrogens is 290 g/mol. The lowest BCUT2D eigenvalue weighted by atomic mass is 10.2. The molecule has 1 aromatic rings. The van der Waals surface area contributed by atoms with Crippen LogP contribution in [0, 0.1) is 6.92 Å². The van der Waals surface area contributed by atoms with Gasteiger partial charge in [-0.1, -0.05) is 17.7 Å². The zero-order valence-electron chi connectivity index (χ0n) is 13.9. The molecule has 0 radical (unpaired) electrons. The molecule has 0 aliphatic carbocycles. The largest absolute Gasteiger partial charge is 0.294 e. The highest BCUT2D eigenvalue weighted by molar-refractivity contribution is 7.85. The van der Waals surface area contributed by atoms with Gasteiger partial charge in [-0.2, -0.15) is 8.42 Å². The van der Waals surface area contributed by atoms with E-state index >= 15 is 0 Å². The van der Waals surface area contributed by atoms with E-state index in [1.807, 2.05) is 6.92 Å². The molecule has 0 spiro atoms. The van der Waals surface area contributed by atoms with Gasteiger partial charge in [-0.3, -0.25) is 19.3 Å². The molecule has 21 heavy (non-hydrogen) atoms. The summed E-state index contributed by atoms with van der Waals surface area (Å²) < 4.78 is 29.6. The summed E-state index contributed by atoms with van der Waals surface area (Å²) >= 11 is 0. The zero-order chi connectivity index (χ0) is 16.8. The van der Waals surface area contributed by atoms with E-state index in [1.54, 1.807) is 12.1 Å². The Morgan fingerprint density at radius 3 is 1.38 bits per heavy atom. The molecule has 0 amide bonds. The van der Waals surface area contributed by atoms with E-state index in [-0.39, 0.29) is 4.90 Å². The number of aryl methyl sites for hydroxylation is 1. The van der Waals surface area contributed by atoms with Crippen LogP contribution in [0.5, 0.6) is 0 Å². The molecule has 1 N–H and O–H groups in total. The molecule has 0 aromatic heterocycles. The van der Waals surface area contributed by atoms with Gasteiger partial charge in [0.2, 0.25) is 0 Å². The van der Waals surface area contributed by atoms with Crippen LogP contribution in [0.3, 0.4) is 0 Å².